The van der Waals surface area contributed by atoms with Gasteiger partial charge >= 0.3 is 17.9 Å². The lowest BCUT2D eigenvalue weighted by molar-refractivity contribution is -0.167. The van der Waals surface area contributed by atoms with Crippen LogP contribution in [0, 0.1) is 0 Å². The van der Waals surface area contributed by atoms with Crippen molar-refractivity contribution in [2.24, 2.45) is 0 Å². The average molecular weight is 968 g/mol. The molecule has 0 aliphatic rings. The molecule has 1 unspecified atom stereocenters. The van der Waals surface area contributed by atoms with Gasteiger partial charge in [0, 0.05) is 19.3 Å². The molecule has 402 valence electrons. The lowest BCUT2D eigenvalue weighted by Crippen LogP contribution is -2.30. The summed E-state index contributed by atoms with van der Waals surface area (Å²) >= 11 is 0. The van der Waals surface area contributed by atoms with E-state index in [1.165, 1.54) is 193 Å². The molecule has 6 heteroatoms. The SMILES string of the molecule is CC/C=C\C/C=C\C/C=C\C/C=C\CCCCCCCCCCCCCCCCCCCCCCC(=O)OCC(COC(=O)CCCCCCCCC)OC(=O)CCCCCCCCCCCCC. The van der Waals surface area contributed by atoms with Crippen molar-refractivity contribution >= 4 is 17.9 Å². The van der Waals surface area contributed by atoms with Crippen LogP contribution in [0.5, 0.6) is 0 Å². The minimum atomic E-state index is -0.763. The van der Waals surface area contributed by atoms with Crippen molar-refractivity contribution in [1.82, 2.24) is 0 Å². The van der Waals surface area contributed by atoms with Gasteiger partial charge in [-0.15, -0.1) is 0 Å². The molecule has 0 heterocycles. The van der Waals surface area contributed by atoms with Crippen molar-refractivity contribution in [3.05, 3.63) is 48.6 Å². The van der Waals surface area contributed by atoms with Gasteiger partial charge in [-0.05, 0) is 57.8 Å². The van der Waals surface area contributed by atoms with E-state index in [0.717, 1.165) is 83.5 Å². The van der Waals surface area contributed by atoms with E-state index in [0.29, 0.717) is 19.3 Å². The van der Waals surface area contributed by atoms with Crippen LogP contribution in [-0.2, 0) is 28.6 Å². The largest absolute Gasteiger partial charge is 0.462 e. The summed E-state index contributed by atoms with van der Waals surface area (Å²) < 4.78 is 16.8. The van der Waals surface area contributed by atoms with E-state index < -0.39 is 6.10 Å². The number of hydrogen-bond donors (Lipinski definition) is 0. The maximum atomic E-state index is 12.7. The van der Waals surface area contributed by atoms with Gasteiger partial charge in [-0.3, -0.25) is 14.4 Å². The Morgan fingerprint density at radius 3 is 0.884 bits per heavy atom. The Kier molecular flexibility index (Phi) is 55.7. The van der Waals surface area contributed by atoms with Crippen molar-refractivity contribution in [2.75, 3.05) is 13.2 Å². The second-order valence-corrected chi connectivity index (χ2v) is 20.2. The van der Waals surface area contributed by atoms with E-state index in [-0.39, 0.29) is 31.1 Å². The molecule has 0 amide bonds. The van der Waals surface area contributed by atoms with Gasteiger partial charge in [0.25, 0.3) is 0 Å². The van der Waals surface area contributed by atoms with Crippen LogP contribution >= 0.6 is 0 Å². The molecule has 0 aliphatic carbocycles. The highest BCUT2D eigenvalue weighted by molar-refractivity contribution is 5.71. The van der Waals surface area contributed by atoms with Gasteiger partial charge < -0.3 is 14.2 Å². The van der Waals surface area contributed by atoms with E-state index >= 15 is 0 Å². The Hall–Kier alpha value is -2.63. The van der Waals surface area contributed by atoms with Crippen LogP contribution < -0.4 is 0 Å². The predicted molar refractivity (Wildman–Crippen MR) is 298 cm³/mol. The molecule has 69 heavy (non-hydrogen) atoms. The highest BCUT2D eigenvalue weighted by Gasteiger charge is 2.19. The number of allylic oxidation sites excluding steroid dienone is 8. The molecule has 6 nitrogen and oxygen atoms in total. The van der Waals surface area contributed by atoms with Crippen molar-refractivity contribution in [1.29, 1.82) is 0 Å². The molecule has 0 aliphatic heterocycles. The van der Waals surface area contributed by atoms with E-state index in [9.17, 15) is 14.4 Å². The van der Waals surface area contributed by atoms with Crippen molar-refractivity contribution in [2.45, 2.75) is 322 Å². The van der Waals surface area contributed by atoms with E-state index in [2.05, 4.69) is 69.4 Å². The Bertz CT molecular complexity index is 1200. The first-order valence-electron chi connectivity index (χ1n) is 30.1. The van der Waals surface area contributed by atoms with Crippen LogP contribution in [0.1, 0.15) is 316 Å². The van der Waals surface area contributed by atoms with Crippen molar-refractivity contribution in [3.8, 4) is 0 Å². The number of hydrogen-bond acceptors (Lipinski definition) is 6. The average Bonchev–Trinajstić information content (AvgIpc) is 3.35. The number of carbonyl (C=O) groups excluding carboxylic acids is 3. The highest BCUT2D eigenvalue weighted by Crippen LogP contribution is 2.17. The monoisotopic (exact) mass is 967 g/mol. The third kappa shape index (κ3) is 56.2. The van der Waals surface area contributed by atoms with Gasteiger partial charge in [0.05, 0.1) is 0 Å². The van der Waals surface area contributed by atoms with Gasteiger partial charge in [-0.2, -0.15) is 0 Å². The van der Waals surface area contributed by atoms with Gasteiger partial charge in [0.15, 0.2) is 6.10 Å². The quantitative estimate of drug-likeness (QED) is 0.0262. The van der Waals surface area contributed by atoms with Crippen molar-refractivity contribution in [3.63, 3.8) is 0 Å². The highest BCUT2D eigenvalue weighted by atomic mass is 16.6. The molecule has 0 aromatic carbocycles. The smallest absolute Gasteiger partial charge is 0.306 e. The fourth-order valence-corrected chi connectivity index (χ4v) is 8.85. The standard InChI is InChI=1S/C63H114O6/c1-4-7-10-13-16-18-20-21-22-23-24-25-26-27-28-29-30-31-32-33-34-35-36-37-38-39-40-41-43-44-47-50-53-56-62(65)68-59-60(58-67-61(64)55-52-49-46-15-12-9-6-3)69-63(66)57-54-51-48-45-42-19-17-14-11-8-5-2/h7,10,16,18,21-22,24-25,60H,4-6,8-9,11-15,17,19-20,23,26-59H2,1-3H3/b10-7-,18-16-,22-21-,25-24-. The summed E-state index contributed by atoms with van der Waals surface area (Å²) in [5.41, 5.74) is 0. The zero-order chi connectivity index (χ0) is 50.0. The molecular weight excluding hydrogens is 853 g/mol. The molecule has 0 saturated carbocycles. The molecule has 0 bridgehead atoms. The number of esters is 3. The van der Waals surface area contributed by atoms with E-state index in [1.54, 1.807) is 0 Å². The van der Waals surface area contributed by atoms with E-state index in [4.69, 9.17) is 14.2 Å². The molecule has 0 radical (unpaired) electrons. The number of ether oxygens (including phenoxy) is 3. The zero-order valence-electron chi connectivity index (χ0n) is 46.1. The van der Waals surface area contributed by atoms with Crippen LogP contribution in [0.25, 0.3) is 0 Å². The first kappa shape index (κ1) is 66.4. The number of rotatable bonds is 55. The summed E-state index contributed by atoms with van der Waals surface area (Å²) in [7, 11) is 0. The second-order valence-electron chi connectivity index (χ2n) is 20.2. The lowest BCUT2D eigenvalue weighted by Gasteiger charge is -2.18. The Labute approximate surface area is 428 Å². The van der Waals surface area contributed by atoms with Crippen LogP contribution in [-0.4, -0.2) is 37.2 Å². The van der Waals surface area contributed by atoms with Crippen LogP contribution in [0.2, 0.25) is 0 Å². The summed E-state index contributed by atoms with van der Waals surface area (Å²) in [6, 6.07) is 0. The summed E-state index contributed by atoms with van der Waals surface area (Å²) in [5.74, 6) is -0.858. The molecule has 0 rings (SSSR count). The summed E-state index contributed by atoms with van der Waals surface area (Å²) in [4.78, 5) is 37.8. The summed E-state index contributed by atoms with van der Waals surface area (Å²) in [6.07, 6.45) is 71.6. The van der Waals surface area contributed by atoms with Crippen LogP contribution in [0.3, 0.4) is 0 Å². The molecular formula is C63H114O6. The maximum Gasteiger partial charge on any atom is 0.306 e. The van der Waals surface area contributed by atoms with Gasteiger partial charge in [-0.25, -0.2) is 0 Å². The molecule has 0 spiro atoms. The molecule has 0 saturated heterocycles. The van der Waals surface area contributed by atoms with Gasteiger partial charge in [-0.1, -0.05) is 288 Å². The Morgan fingerprint density at radius 2 is 0.565 bits per heavy atom. The normalized spacial score (nSPS) is 12.3. The molecule has 1 atom stereocenters. The molecule has 0 N–H and O–H groups in total. The minimum Gasteiger partial charge on any atom is -0.462 e. The molecule has 0 aromatic heterocycles. The van der Waals surface area contributed by atoms with Crippen LogP contribution in [0.4, 0.5) is 0 Å². The van der Waals surface area contributed by atoms with Crippen LogP contribution in [0.15, 0.2) is 48.6 Å². The number of unbranched alkanes of at least 4 members (excludes halogenated alkanes) is 36. The van der Waals surface area contributed by atoms with E-state index in [1.807, 2.05) is 0 Å². The summed E-state index contributed by atoms with van der Waals surface area (Å²) in [5, 5.41) is 0. The first-order chi connectivity index (χ1) is 34.0. The fourth-order valence-electron chi connectivity index (χ4n) is 8.85. The molecule has 0 aromatic rings. The second kappa shape index (κ2) is 57.9. The van der Waals surface area contributed by atoms with Gasteiger partial charge in [0.2, 0.25) is 0 Å². The minimum absolute atomic E-state index is 0.0666. The Balaban J connectivity index is 3.91. The topological polar surface area (TPSA) is 78.9 Å². The zero-order valence-corrected chi connectivity index (χ0v) is 46.1. The number of carbonyl (C=O) groups is 3. The van der Waals surface area contributed by atoms with Crippen molar-refractivity contribution < 1.29 is 28.6 Å². The third-order valence-electron chi connectivity index (χ3n) is 13.3. The predicted octanol–water partition coefficient (Wildman–Crippen LogP) is 20.2. The summed E-state index contributed by atoms with van der Waals surface area (Å²) in [6.45, 7) is 6.51. The lowest BCUT2D eigenvalue weighted by atomic mass is 10.0. The first-order valence-corrected chi connectivity index (χ1v) is 30.1. The fraction of sp³-hybridized carbons (Fsp3) is 0.825. The Morgan fingerprint density at radius 1 is 0.304 bits per heavy atom. The third-order valence-corrected chi connectivity index (χ3v) is 13.3. The maximum absolute atomic E-state index is 12.7. The van der Waals surface area contributed by atoms with Gasteiger partial charge in [0.1, 0.15) is 13.2 Å². The molecule has 0 fully saturated rings.